The molecule has 0 atom stereocenters. The van der Waals surface area contributed by atoms with Crippen LogP contribution in [0.1, 0.15) is 0 Å². The first-order valence-corrected chi connectivity index (χ1v) is 7.69. The third-order valence-electron chi connectivity index (χ3n) is 4.15. The fourth-order valence-corrected chi connectivity index (χ4v) is 2.65. The molecule has 120 valence electrons. The molecule has 0 bridgehead atoms. The Balaban J connectivity index is 1.70. The van der Waals surface area contributed by atoms with Gasteiger partial charge in [-0.25, -0.2) is 0 Å². The first kappa shape index (κ1) is 16.2. The van der Waals surface area contributed by atoms with Gasteiger partial charge >= 0.3 is 0 Å². The lowest BCUT2D eigenvalue weighted by Crippen LogP contribution is -2.54. The predicted molar refractivity (Wildman–Crippen MR) is 81.0 cm³/mol. The highest BCUT2D eigenvalue weighted by molar-refractivity contribution is 5.79. The standard InChI is InChI=1S/C14H27N5O2/c1-16(2)13(20)11-18-7-9-19(10-8-18)14(21)12-17-5-3-15-4-6-17/h15H,3-12H2,1-2H3. The summed E-state index contributed by atoms with van der Waals surface area (Å²) in [7, 11) is 3.55. The Morgan fingerprint density at radius 1 is 0.905 bits per heavy atom. The van der Waals surface area contributed by atoms with Gasteiger partial charge in [-0.15, -0.1) is 0 Å². The van der Waals surface area contributed by atoms with E-state index < -0.39 is 0 Å². The summed E-state index contributed by atoms with van der Waals surface area (Å²) in [4.78, 5) is 31.8. The maximum atomic E-state index is 12.3. The molecule has 7 heteroatoms. The van der Waals surface area contributed by atoms with Gasteiger partial charge in [-0.05, 0) is 0 Å². The number of rotatable bonds is 4. The van der Waals surface area contributed by atoms with Crippen molar-refractivity contribution in [3.63, 3.8) is 0 Å². The molecule has 2 heterocycles. The topological polar surface area (TPSA) is 59.1 Å². The second-order valence-corrected chi connectivity index (χ2v) is 5.97. The summed E-state index contributed by atoms with van der Waals surface area (Å²) >= 11 is 0. The molecule has 0 aromatic carbocycles. The number of likely N-dealkylation sites (N-methyl/N-ethyl adjacent to an activating group) is 1. The average molecular weight is 297 g/mol. The van der Waals surface area contributed by atoms with Gasteiger partial charge in [-0.1, -0.05) is 0 Å². The third-order valence-corrected chi connectivity index (χ3v) is 4.15. The van der Waals surface area contributed by atoms with Gasteiger partial charge in [-0.2, -0.15) is 0 Å². The normalized spacial score (nSPS) is 21.3. The summed E-state index contributed by atoms with van der Waals surface area (Å²) in [6.45, 7) is 7.83. The molecule has 0 aromatic rings. The van der Waals surface area contributed by atoms with E-state index in [1.54, 1.807) is 19.0 Å². The summed E-state index contributed by atoms with van der Waals surface area (Å²) < 4.78 is 0. The number of carbonyl (C=O) groups excluding carboxylic acids is 2. The van der Waals surface area contributed by atoms with Crippen LogP contribution in [0.15, 0.2) is 0 Å². The van der Waals surface area contributed by atoms with Crippen molar-refractivity contribution in [3.8, 4) is 0 Å². The van der Waals surface area contributed by atoms with Crippen LogP contribution < -0.4 is 5.32 Å². The second kappa shape index (κ2) is 7.72. The van der Waals surface area contributed by atoms with Gasteiger partial charge in [0.1, 0.15) is 0 Å². The van der Waals surface area contributed by atoms with Gasteiger partial charge in [0.25, 0.3) is 0 Å². The molecule has 1 N–H and O–H groups in total. The molecule has 21 heavy (non-hydrogen) atoms. The lowest BCUT2D eigenvalue weighted by molar-refractivity contribution is -0.135. The highest BCUT2D eigenvalue weighted by Gasteiger charge is 2.24. The van der Waals surface area contributed by atoms with Gasteiger partial charge in [0, 0.05) is 66.5 Å². The fraction of sp³-hybridized carbons (Fsp3) is 0.857. The van der Waals surface area contributed by atoms with Crippen LogP contribution in [0.4, 0.5) is 0 Å². The molecule has 0 unspecified atom stereocenters. The van der Waals surface area contributed by atoms with Gasteiger partial charge in [0.2, 0.25) is 11.8 Å². The van der Waals surface area contributed by atoms with Crippen molar-refractivity contribution in [2.45, 2.75) is 0 Å². The van der Waals surface area contributed by atoms with E-state index in [1.165, 1.54) is 0 Å². The van der Waals surface area contributed by atoms with Crippen molar-refractivity contribution in [2.24, 2.45) is 0 Å². The zero-order valence-corrected chi connectivity index (χ0v) is 13.2. The van der Waals surface area contributed by atoms with E-state index in [0.717, 1.165) is 52.4 Å². The third kappa shape index (κ3) is 4.94. The molecule has 0 aromatic heterocycles. The molecule has 2 saturated heterocycles. The number of piperazine rings is 2. The molecule has 2 rings (SSSR count). The molecule has 2 aliphatic rings. The van der Waals surface area contributed by atoms with Crippen molar-refractivity contribution in [1.82, 2.24) is 24.9 Å². The first-order chi connectivity index (χ1) is 10.1. The van der Waals surface area contributed by atoms with Crippen LogP contribution in [0, 0.1) is 0 Å². The maximum absolute atomic E-state index is 12.3. The van der Waals surface area contributed by atoms with Crippen LogP contribution in [0.3, 0.4) is 0 Å². The Morgan fingerprint density at radius 3 is 2.05 bits per heavy atom. The number of hydrogen-bond donors (Lipinski definition) is 1. The Bertz CT molecular complexity index is 360. The first-order valence-electron chi connectivity index (χ1n) is 7.69. The van der Waals surface area contributed by atoms with Crippen LogP contribution in [0.5, 0.6) is 0 Å². The van der Waals surface area contributed by atoms with E-state index >= 15 is 0 Å². The number of amides is 2. The van der Waals surface area contributed by atoms with Crippen molar-refractivity contribution >= 4 is 11.8 Å². The molecule has 0 aliphatic carbocycles. The lowest BCUT2D eigenvalue weighted by atomic mass is 10.3. The molecule has 7 nitrogen and oxygen atoms in total. The van der Waals surface area contributed by atoms with Crippen molar-refractivity contribution < 1.29 is 9.59 Å². The van der Waals surface area contributed by atoms with E-state index in [2.05, 4.69) is 15.1 Å². The van der Waals surface area contributed by atoms with Gasteiger partial charge in [0.15, 0.2) is 0 Å². The van der Waals surface area contributed by atoms with Gasteiger partial charge < -0.3 is 15.1 Å². The van der Waals surface area contributed by atoms with Crippen LogP contribution in [-0.4, -0.2) is 111 Å². The number of hydrogen-bond acceptors (Lipinski definition) is 5. The van der Waals surface area contributed by atoms with Crippen LogP contribution in [0.2, 0.25) is 0 Å². The van der Waals surface area contributed by atoms with E-state index in [4.69, 9.17) is 0 Å². The van der Waals surface area contributed by atoms with Crippen molar-refractivity contribution in [1.29, 1.82) is 0 Å². The maximum Gasteiger partial charge on any atom is 0.236 e. The summed E-state index contributed by atoms with van der Waals surface area (Å²) in [5.74, 6) is 0.339. The molecule has 0 spiro atoms. The summed E-state index contributed by atoms with van der Waals surface area (Å²) in [5.41, 5.74) is 0. The second-order valence-electron chi connectivity index (χ2n) is 5.97. The largest absolute Gasteiger partial charge is 0.348 e. The molecule has 2 fully saturated rings. The van der Waals surface area contributed by atoms with Crippen LogP contribution in [-0.2, 0) is 9.59 Å². The number of carbonyl (C=O) groups is 2. The van der Waals surface area contributed by atoms with Crippen molar-refractivity contribution in [2.75, 3.05) is 79.5 Å². The highest BCUT2D eigenvalue weighted by atomic mass is 16.2. The zero-order valence-electron chi connectivity index (χ0n) is 13.2. The summed E-state index contributed by atoms with van der Waals surface area (Å²) in [5, 5.41) is 3.29. The molecule has 2 aliphatic heterocycles. The van der Waals surface area contributed by atoms with E-state index in [0.29, 0.717) is 13.1 Å². The molecule has 2 amide bonds. The summed E-state index contributed by atoms with van der Waals surface area (Å²) in [6.07, 6.45) is 0. The Hall–Kier alpha value is -1.18. The molecular weight excluding hydrogens is 270 g/mol. The minimum absolute atomic E-state index is 0.121. The number of nitrogens with zero attached hydrogens (tertiary/aromatic N) is 4. The monoisotopic (exact) mass is 297 g/mol. The Kier molecular flexibility index (Phi) is 5.96. The van der Waals surface area contributed by atoms with Crippen LogP contribution in [0.25, 0.3) is 0 Å². The van der Waals surface area contributed by atoms with Crippen molar-refractivity contribution in [3.05, 3.63) is 0 Å². The minimum atomic E-state index is 0.121. The van der Waals surface area contributed by atoms with E-state index in [9.17, 15) is 9.59 Å². The smallest absolute Gasteiger partial charge is 0.236 e. The van der Waals surface area contributed by atoms with Gasteiger partial charge in [0.05, 0.1) is 13.1 Å². The number of nitrogens with one attached hydrogen (secondary N) is 1. The Labute approximate surface area is 126 Å². The minimum Gasteiger partial charge on any atom is -0.348 e. The highest BCUT2D eigenvalue weighted by Crippen LogP contribution is 2.04. The molecule has 0 radical (unpaired) electrons. The fourth-order valence-electron chi connectivity index (χ4n) is 2.65. The lowest BCUT2D eigenvalue weighted by Gasteiger charge is -2.36. The Morgan fingerprint density at radius 2 is 1.48 bits per heavy atom. The van der Waals surface area contributed by atoms with Crippen LogP contribution >= 0.6 is 0 Å². The SMILES string of the molecule is CN(C)C(=O)CN1CCN(C(=O)CN2CCNCC2)CC1. The molecular formula is C14H27N5O2. The predicted octanol–water partition coefficient (Wildman–Crippen LogP) is -1.88. The molecule has 0 saturated carbocycles. The zero-order chi connectivity index (χ0) is 15.2. The van der Waals surface area contributed by atoms with E-state index in [1.807, 2.05) is 4.90 Å². The average Bonchev–Trinajstić information content (AvgIpc) is 2.48. The van der Waals surface area contributed by atoms with E-state index in [-0.39, 0.29) is 11.8 Å². The quantitative estimate of drug-likeness (QED) is 0.658. The summed E-state index contributed by atoms with van der Waals surface area (Å²) in [6, 6.07) is 0. The van der Waals surface area contributed by atoms with Gasteiger partial charge in [-0.3, -0.25) is 19.4 Å².